The van der Waals surface area contributed by atoms with Crippen molar-refractivity contribution in [3.8, 4) is 0 Å². The van der Waals surface area contributed by atoms with E-state index in [1.165, 1.54) is 11.8 Å². The Labute approximate surface area is 171 Å². The van der Waals surface area contributed by atoms with Crippen LogP contribution in [0.2, 0.25) is 0 Å². The van der Waals surface area contributed by atoms with Crippen LogP contribution in [0.1, 0.15) is 31.4 Å². The van der Waals surface area contributed by atoms with Gasteiger partial charge in [0.15, 0.2) is 0 Å². The number of aryl methyl sites for hydroxylation is 1. The summed E-state index contributed by atoms with van der Waals surface area (Å²) in [6.45, 7) is 8.12. The smallest absolute Gasteiger partial charge is 0.222 e. The summed E-state index contributed by atoms with van der Waals surface area (Å²) in [4.78, 5) is 26.7. The molecule has 0 radical (unpaired) electrons. The molecule has 2 aromatic carbocycles. The molecule has 0 spiro atoms. The van der Waals surface area contributed by atoms with E-state index in [2.05, 4.69) is 41.3 Å². The van der Waals surface area contributed by atoms with Crippen molar-refractivity contribution in [2.45, 2.75) is 39.9 Å². The molecule has 0 unspecified atom stereocenters. The van der Waals surface area contributed by atoms with E-state index < -0.39 is 0 Å². The van der Waals surface area contributed by atoms with Gasteiger partial charge in [-0.1, -0.05) is 50.2 Å². The SMILES string of the molecule is CCN(CC)Cc1ccccc1CNC(=O)CCn1ncc(=O)c2ccccc21. The van der Waals surface area contributed by atoms with Gasteiger partial charge in [0.05, 0.1) is 18.3 Å². The molecule has 1 aromatic heterocycles. The fourth-order valence-electron chi connectivity index (χ4n) is 3.40. The van der Waals surface area contributed by atoms with Crippen LogP contribution in [0.4, 0.5) is 0 Å². The van der Waals surface area contributed by atoms with Gasteiger partial charge in [-0.05, 0) is 36.3 Å². The van der Waals surface area contributed by atoms with E-state index in [-0.39, 0.29) is 11.3 Å². The van der Waals surface area contributed by atoms with Crippen molar-refractivity contribution < 1.29 is 4.79 Å². The molecular weight excluding hydrogens is 364 g/mol. The molecule has 3 rings (SSSR count). The molecule has 1 amide bonds. The maximum atomic E-state index is 12.4. The molecule has 0 saturated heterocycles. The predicted molar refractivity (Wildman–Crippen MR) is 116 cm³/mol. The van der Waals surface area contributed by atoms with E-state index in [4.69, 9.17) is 0 Å². The molecule has 0 saturated carbocycles. The number of nitrogens with one attached hydrogen (secondary N) is 1. The lowest BCUT2D eigenvalue weighted by atomic mass is 10.1. The monoisotopic (exact) mass is 392 g/mol. The zero-order chi connectivity index (χ0) is 20.6. The molecule has 0 aliphatic carbocycles. The number of rotatable bonds is 9. The van der Waals surface area contributed by atoms with Gasteiger partial charge >= 0.3 is 0 Å². The maximum Gasteiger partial charge on any atom is 0.222 e. The standard InChI is InChI=1S/C23H28N4O2/c1-3-26(4-2)17-19-10-6-5-9-18(19)15-24-23(29)13-14-27-21-12-8-7-11-20(21)22(28)16-25-27/h5-12,16H,3-4,13-15,17H2,1-2H3,(H,24,29). The molecule has 6 heteroatoms. The number of amides is 1. The third kappa shape index (κ3) is 5.29. The second-order valence-corrected chi connectivity index (χ2v) is 7.01. The van der Waals surface area contributed by atoms with Crippen LogP contribution < -0.4 is 10.7 Å². The van der Waals surface area contributed by atoms with Crippen molar-refractivity contribution in [2.24, 2.45) is 0 Å². The maximum absolute atomic E-state index is 12.4. The van der Waals surface area contributed by atoms with Gasteiger partial charge in [0.2, 0.25) is 11.3 Å². The summed E-state index contributed by atoms with van der Waals surface area (Å²) in [6.07, 6.45) is 1.61. The fourth-order valence-corrected chi connectivity index (χ4v) is 3.40. The lowest BCUT2D eigenvalue weighted by molar-refractivity contribution is -0.121. The Morgan fingerprint density at radius 3 is 2.48 bits per heavy atom. The van der Waals surface area contributed by atoms with Gasteiger partial charge in [-0.3, -0.25) is 19.2 Å². The van der Waals surface area contributed by atoms with E-state index in [9.17, 15) is 9.59 Å². The Balaban J connectivity index is 1.60. The van der Waals surface area contributed by atoms with Gasteiger partial charge in [-0.25, -0.2) is 0 Å². The predicted octanol–water partition coefficient (Wildman–Crippen LogP) is 2.94. The van der Waals surface area contributed by atoms with Gasteiger partial charge in [-0.2, -0.15) is 5.10 Å². The minimum atomic E-state index is -0.105. The zero-order valence-corrected chi connectivity index (χ0v) is 17.1. The van der Waals surface area contributed by atoms with Crippen LogP contribution in [0.15, 0.2) is 59.5 Å². The van der Waals surface area contributed by atoms with E-state index >= 15 is 0 Å². The first-order valence-corrected chi connectivity index (χ1v) is 10.1. The van der Waals surface area contributed by atoms with Gasteiger partial charge in [0.1, 0.15) is 0 Å². The van der Waals surface area contributed by atoms with Gasteiger partial charge in [-0.15, -0.1) is 0 Å². The Hall–Kier alpha value is -2.99. The second-order valence-electron chi connectivity index (χ2n) is 7.01. The first-order chi connectivity index (χ1) is 14.1. The topological polar surface area (TPSA) is 67.2 Å². The number of carbonyl (C=O) groups is 1. The molecule has 3 aromatic rings. The Morgan fingerprint density at radius 1 is 1.03 bits per heavy atom. The average molecular weight is 393 g/mol. The Morgan fingerprint density at radius 2 is 1.72 bits per heavy atom. The van der Waals surface area contributed by atoms with Crippen LogP contribution in [0.25, 0.3) is 10.9 Å². The van der Waals surface area contributed by atoms with Gasteiger partial charge in [0.25, 0.3) is 0 Å². The normalized spacial score (nSPS) is 11.1. The Kier molecular flexibility index (Phi) is 7.14. The minimum Gasteiger partial charge on any atom is -0.352 e. The van der Waals surface area contributed by atoms with E-state index in [0.29, 0.717) is 24.9 Å². The fraction of sp³-hybridized carbons (Fsp3) is 0.348. The molecule has 0 fully saturated rings. The first kappa shape index (κ1) is 20.7. The minimum absolute atomic E-state index is 0.0350. The number of aromatic nitrogens is 2. The van der Waals surface area contributed by atoms with Crippen LogP contribution in [-0.2, 0) is 24.4 Å². The molecule has 0 aliphatic rings. The first-order valence-electron chi connectivity index (χ1n) is 10.1. The number of benzene rings is 2. The summed E-state index contributed by atoms with van der Waals surface area (Å²) in [5.74, 6) is -0.0350. The molecule has 1 N–H and O–H groups in total. The molecule has 152 valence electrons. The molecule has 29 heavy (non-hydrogen) atoms. The molecule has 0 bridgehead atoms. The summed E-state index contributed by atoms with van der Waals surface area (Å²) in [6, 6.07) is 15.6. The van der Waals surface area contributed by atoms with Crippen molar-refractivity contribution in [1.82, 2.24) is 20.0 Å². The van der Waals surface area contributed by atoms with Crippen molar-refractivity contribution in [3.05, 3.63) is 76.1 Å². The number of para-hydroxylation sites is 1. The van der Waals surface area contributed by atoms with Crippen molar-refractivity contribution in [2.75, 3.05) is 13.1 Å². The summed E-state index contributed by atoms with van der Waals surface area (Å²) in [7, 11) is 0. The highest BCUT2D eigenvalue weighted by Gasteiger charge is 2.09. The second kappa shape index (κ2) is 9.98. The lowest BCUT2D eigenvalue weighted by Gasteiger charge is -2.20. The molecule has 0 aliphatic heterocycles. The molecule has 6 nitrogen and oxygen atoms in total. The third-order valence-electron chi connectivity index (χ3n) is 5.20. The highest BCUT2D eigenvalue weighted by atomic mass is 16.1. The van der Waals surface area contributed by atoms with E-state index in [1.54, 1.807) is 10.7 Å². The van der Waals surface area contributed by atoms with E-state index in [0.717, 1.165) is 30.7 Å². The number of nitrogens with zero attached hydrogens (tertiary/aromatic N) is 3. The number of hydrogen-bond acceptors (Lipinski definition) is 4. The third-order valence-corrected chi connectivity index (χ3v) is 5.20. The van der Waals surface area contributed by atoms with E-state index in [1.807, 2.05) is 30.3 Å². The highest BCUT2D eigenvalue weighted by molar-refractivity contribution is 5.79. The number of fused-ring (bicyclic) bond motifs is 1. The summed E-state index contributed by atoms with van der Waals surface area (Å²) in [5.41, 5.74) is 3.02. The number of hydrogen-bond donors (Lipinski definition) is 1. The summed E-state index contributed by atoms with van der Waals surface area (Å²) >= 11 is 0. The van der Waals surface area contributed by atoms with Crippen molar-refractivity contribution >= 4 is 16.8 Å². The van der Waals surface area contributed by atoms with Crippen LogP contribution >= 0.6 is 0 Å². The van der Waals surface area contributed by atoms with Crippen molar-refractivity contribution in [1.29, 1.82) is 0 Å². The quantitative estimate of drug-likeness (QED) is 0.608. The molecule has 1 heterocycles. The lowest BCUT2D eigenvalue weighted by Crippen LogP contribution is -2.27. The van der Waals surface area contributed by atoms with Gasteiger partial charge in [0, 0.05) is 24.9 Å². The Bertz CT molecular complexity index is 1020. The van der Waals surface area contributed by atoms with Gasteiger partial charge < -0.3 is 5.32 Å². The van der Waals surface area contributed by atoms with Crippen LogP contribution in [0.5, 0.6) is 0 Å². The average Bonchev–Trinajstić information content (AvgIpc) is 2.76. The highest BCUT2D eigenvalue weighted by Crippen LogP contribution is 2.12. The van der Waals surface area contributed by atoms with Crippen LogP contribution in [0.3, 0.4) is 0 Å². The number of carbonyl (C=O) groups excluding carboxylic acids is 1. The summed E-state index contributed by atoms with van der Waals surface area (Å²) in [5, 5.41) is 7.82. The van der Waals surface area contributed by atoms with Crippen LogP contribution in [0, 0.1) is 0 Å². The molecular formula is C23H28N4O2. The zero-order valence-electron chi connectivity index (χ0n) is 17.1. The van der Waals surface area contributed by atoms with Crippen molar-refractivity contribution in [3.63, 3.8) is 0 Å². The molecule has 0 atom stereocenters. The summed E-state index contributed by atoms with van der Waals surface area (Å²) < 4.78 is 1.71. The van der Waals surface area contributed by atoms with Crippen LogP contribution in [-0.4, -0.2) is 33.7 Å². The largest absolute Gasteiger partial charge is 0.352 e.